The van der Waals surface area contributed by atoms with Crippen molar-refractivity contribution in [2.24, 2.45) is 0 Å². The molecule has 2 heterocycles. The van der Waals surface area contributed by atoms with Gasteiger partial charge in [-0.1, -0.05) is 13.8 Å². The Bertz CT molecular complexity index is 615. The molecule has 0 amide bonds. The van der Waals surface area contributed by atoms with Crippen LogP contribution in [0.2, 0.25) is 0 Å². The van der Waals surface area contributed by atoms with E-state index in [4.69, 9.17) is 9.97 Å². The van der Waals surface area contributed by atoms with Gasteiger partial charge in [-0.2, -0.15) is 0 Å². The van der Waals surface area contributed by atoms with Crippen molar-refractivity contribution in [1.29, 1.82) is 0 Å². The van der Waals surface area contributed by atoms with E-state index in [2.05, 4.69) is 31.1 Å². The first-order valence-corrected chi connectivity index (χ1v) is 7.62. The Balaban J connectivity index is 2.52. The largest absolute Gasteiger partial charge is 0.370 e. The molecule has 21 heavy (non-hydrogen) atoms. The molecule has 2 aromatic rings. The monoisotopic (exact) mass is 284 g/mol. The third kappa shape index (κ3) is 3.57. The van der Waals surface area contributed by atoms with Gasteiger partial charge in [0.1, 0.15) is 5.82 Å². The van der Waals surface area contributed by atoms with Gasteiger partial charge < -0.3 is 5.32 Å². The summed E-state index contributed by atoms with van der Waals surface area (Å²) in [7, 11) is 0. The van der Waals surface area contributed by atoms with E-state index in [0.29, 0.717) is 0 Å². The Morgan fingerprint density at radius 1 is 0.952 bits per heavy atom. The van der Waals surface area contributed by atoms with E-state index in [-0.39, 0.29) is 0 Å². The average molecular weight is 284 g/mol. The number of pyridine rings is 1. The fraction of sp³-hybridized carbons (Fsp3) is 0.471. The molecule has 0 fully saturated rings. The molecule has 0 bridgehead atoms. The lowest BCUT2D eigenvalue weighted by Crippen LogP contribution is -2.09. The molecule has 4 heteroatoms. The van der Waals surface area contributed by atoms with Crippen LogP contribution in [-0.4, -0.2) is 21.5 Å². The molecule has 0 atom stereocenters. The topological polar surface area (TPSA) is 50.7 Å². The number of nitrogens with zero attached hydrogens (tertiary/aromatic N) is 3. The van der Waals surface area contributed by atoms with E-state index in [1.165, 1.54) is 0 Å². The third-order valence-corrected chi connectivity index (χ3v) is 3.46. The smallest absolute Gasteiger partial charge is 0.161 e. The van der Waals surface area contributed by atoms with Gasteiger partial charge in [-0.15, -0.1) is 0 Å². The highest BCUT2D eigenvalue weighted by Gasteiger charge is 2.11. The quantitative estimate of drug-likeness (QED) is 0.906. The highest BCUT2D eigenvalue weighted by molar-refractivity contribution is 5.60. The lowest BCUT2D eigenvalue weighted by atomic mass is 10.1. The summed E-state index contributed by atoms with van der Waals surface area (Å²) >= 11 is 0. The van der Waals surface area contributed by atoms with Crippen LogP contribution < -0.4 is 5.32 Å². The number of anilines is 1. The summed E-state index contributed by atoms with van der Waals surface area (Å²) in [4.78, 5) is 13.9. The van der Waals surface area contributed by atoms with Crippen molar-refractivity contribution in [3.8, 4) is 11.4 Å². The van der Waals surface area contributed by atoms with Crippen LogP contribution in [0.15, 0.2) is 12.1 Å². The minimum Gasteiger partial charge on any atom is -0.370 e. The second-order valence-electron chi connectivity index (χ2n) is 5.39. The third-order valence-electron chi connectivity index (χ3n) is 3.46. The summed E-state index contributed by atoms with van der Waals surface area (Å²) in [5.74, 6) is 1.73. The van der Waals surface area contributed by atoms with Crippen molar-refractivity contribution in [3.05, 3.63) is 34.8 Å². The molecule has 2 rings (SSSR count). The first-order chi connectivity index (χ1) is 10.0. The van der Waals surface area contributed by atoms with Crippen molar-refractivity contribution in [1.82, 2.24) is 15.0 Å². The Labute approximate surface area is 127 Å². The zero-order valence-corrected chi connectivity index (χ0v) is 13.6. The molecular formula is C17H24N4. The van der Waals surface area contributed by atoms with Crippen molar-refractivity contribution >= 4 is 5.82 Å². The number of aryl methyl sites for hydroxylation is 3. The highest BCUT2D eigenvalue weighted by atomic mass is 15.0. The Morgan fingerprint density at radius 3 is 2.19 bits per heavy atom. The summed E-state index contributed by atoms with van der Waals surface area (Å²) in [6.45, 7) is 11.3. The Hall–Kier alpha value is -1.97. The summed E-state index contributed by atoms with van der Waals surface area (Å²) in [5.41, 5.74) is 5.28. The maximum atomic E-state index is 4.73. The summed E-state index contributed by atoms with van der Waals surface area (Å²) < 4.78 is 0. The molecule has 2 aromatic heterocycles. The van der Waals surface area contributed by atoms with E-state index in [0.717, 1.165) is 59.2 Å². The molecule has 0 unspecified atom stereocenters. The molecule has 0 saturated carbocycles. The van der Waals surface area contributed by atoms with Crippen LogP contribution in [0.1, 0.15) is 42.9 Å². The van der Waals surface area contributed by atoms with Gasteiger partial charge in [-0.3, -0.25) is 4.98 Å². The van der Waals surface area contributed by atoms with E-state index < -0.39 is 0 Å². The van der Waals surface area contributed by atoms with E-state index >= 15 is 0 Å². The van der Waals surface area contributed by atoms with E-state index in [1.54, 1.807) is 0 Å². The van der Waals surface area contributed by atoms with E-state index in [9.17, 15) is 0 Å². The average Bonchev–Trinajstić information content (AvgIpc) is 2.45. The van der Waals surface area contributed by atoms with Gasteiger partial charge in [0.2, 0.25) is 0 Å². The molecule has 0 spiro atoms. The van der Waals surface area contributed by atoms with Gasteiger partial charge in [0.05, 0.1) is 0 Å². The summed E-state index contributed by atoms with van der Waals surface area (Å²) in [5, 5.41) is 3.41. The number of aromatic nitrogens is 3. The SMILES string of the molecule is CCCNc1nc(-c2cc(C)nc(C)c2)nc(CC)c1C. The van der Waals surface area contributed by atoms with Gasteiger partial charge in [-0.25, -0.2) is 9.97 Å². The molecule has 0 aliphatic rings. The van der Waals surface area contributed by atoms with Crippen molar-refractivity contribution in [2.45, 2.75) is 47.5 Å². The fourth-order valence-electron chi connectivity index (χ4n) is 2.42. The summed E-state index contributed by atoms with van der Waals surface area (Å²) in [6, 6.07) is 4.08. The van der Waals surface area contributed by atoms with Gasteiger partial charge in [0.25, 0.3) is 0 Å². The van der Waals surface area contributed by atoms with Crippen molar-refractivity contribution in [3.63, 3.8) is 0 Å². The highest BCUT2D eigenvalue weighted by Crippen LogP contribution is 2.23. The van der Waals surface area contributed by atoms with Gasteiger partial charge in [-0.05, 0) is 45.7 Å². The maximum absolute atomic E-state index is 4.73. The normalized spacial score (nSPS) is 10.7. The second kappa shape index (κ2) is 6.66. The molecule has 0 aliphatic heterocycles. The number of hydrogen-bond acceptors (Lipinski definition) is 4. The summed E-state index contributed by atoms with van der Waals surface area (Å²) in [6.07, 6.45) is 1.99. The minimum atomic E-state index is 0.782. The lowest BCUT2D eigenvalue weighted by Gasteiger charge is -2.13. The predicted molar refractivity (Wildman–Crippen MR) is 87.6 cm³/mol. The van der Waals surface area contributed by atoms with Crippen molar-refractivity contribution in [2.75, 3.05) is 11.9 Å². The van der Waals surface area contributed by atoms with Crippen LogP contribution in [0.3, 0.4) is 0 Å². The molecule has 1 N–H and O–H groups in total. The molecule has 112 valence electrons. The number of rotatable bonds is 5. The molecule has 0 aliphatic carbocycles. The predicted octanol–water partition coefficient (Wildman–Crippen LogP) is 3.85. The fourth-order valence-corrected chi connectivity index (χ4v) is 2.42. The molecule has 4 nitrogen and oxygen atoms in total. The van der Waals surface area contributed by atoms with Gasteiger partial charge in [0.15, 0.2) is 5.82 Å². The standard InChI is InChI=1S/C17H24N4/c1-6-8-18-16-13(5)15(7-2)20-17(21-16)14-9-11(3)19-12(4)10-14/h9-10H,6-8H2,1-5H3,(H,18,20,21). The second-order valence-corrected chi connectivity index (χ2v) is 5.39. The molecule has 0 saturated heterocycles. The van der Waals surface area contributed by atoms with Crippen LogP contribution in [0.5, 0.6) is 0 Å². The first kappa shape index (κ1) is 15.4. The maximum Gasteiger partial charge on any atom is 0.161 e. The molecule has 0 radical (unpaired) electrons. The van der Waals surface area contributed by atoms with Gasteiger partial charge >= 0.3 is 0 Å². The van der Waals surface area contributed by atoms with Crippen LogP contribution in [-0.2, 0) is 6.42 Å². The van der Waals surface area contributed by atoms with Crippen LogP contribution in [0.25, 0.3) is 11.4 Å². The minimum absolute atomic E-state index is 0.782. The molecular weight excluding hydrogens is 260 g/mol. The van der Waals surface area contributed by atoms with Crippen LogP contribution in [0.4, 0.5) is 5.82 Å². The Morgan fingerprint density at radius 2 is 1.62 bits per heavy atom. The van der Waals surface area contributed by atoms with Crippen molar-refractivity contribution < 1.29 is 0 Å². The van der Waals surface area contributed by atoms with Crippen LogP contribution in [0, 0.1) is 20.8 Å². The Kier molecular flexibility index (Phi) is 4.89. The number of hydrogen-bond donors (Lipinski definition) is 1. The van der Waals surface area contributed by atoms with Gasteiger partial charge in [0, 0.05) is 34.8 Å². The van der Waals surface area contributed by atoms with Crippen LogP contribution >= 0.6 is 0 Å². The zero-order chi connectivity index (χ0) is 15.4. The number of nitrogens with one attached hydrogen (secondary N) is 1. The zero-order valence-electron chi connectivity index (χ0n) is 13.6. The lowest BCUT2D eigenvalue weighted by molar-refractivity contribution is 0.935. The first-order valence-electron chi connectivity index (χ1n) is 7.62. The molecule has 0 aromatic carbocycles. The van der Waals surface area contributed by atoms with E-state index in [1.807, 2.05) is 26.0 Å².